The van der Waals surface area contributed by atoms with E-state index in [1.807, 2.05) is 20.8 Å². The number of benzene rings is 2. The first-order valence-corrected chi connectivity index (χ1v) is 9.97. The smallest absolute Gasteiger partial charge is 0.299 e. The predicted octanol–water partition coefficient (Wildman–Crippen LogP) is 4.54. The van der Waals surface area contributed by atoms with Crippen LogP contribution in [-0.4, -0.2) is 18.0 Å². The van der Waals surface area contributed by atoms with E-state index >= 15 is 0 Å². The van der Waals surface area contributed by atoms with Crippen molar-refractivity contribution in [2.75, 3.05) is 0 Å². The van der Waals surface area contributed by atoms with E-state index < -0.39 is 21.9 Å². The molecule has 0 radical (unpaired) electrons. The van der Waals surface area contributed by atoms with Crippen LogP contribution in [0.4, 0.5) is 13.2 Å². The van der Waals surface area contributed by atoms with Crippen LogP contribution in [-0.2, 0) is 16.2 Å². The second kappa shape index (κ2) is 8.15. The average molecular weight is 411 g/mol. The molecule has 9 heteroatoms. The van der Waals surface area contributed by atoms with E-state index in [2.05, 4.69) is 4.98 Å². The van der Waals surface area contributed by atoms with Gasteiger partial charge in [-0.15, -0.1) is 0 Å². The number of nitrogens with zero attached hydrogens (tertiary/aromatic N) is 2. The average Bonchev–Trinajstić information content (AvgIpc) is 3.09. The Morgan fingerprint density at radius 1 is 0.964 bits per heavy atom. The molecule has 3 rings (SSSR count). The van der Waals surface area contributed by atoms with E-state index in [0.717, 1.165) is 11.8 Å². The number of hydrogen-bond donors (Lipinski definition) is 1. The van der Waals surface area contributed by atoms with Crippen molar-refractivity contribution in [1.29, 1.82) is 0 Å². The van der Waals surface area contributed by atoms with Gasteiger partial charge in [-0.3, -0.25) is 4.57 Å². The van der Waals surface area contributed by atoms with Crippen LogP contribution >= 0.6 is 0 Å². The molecule has 0 bridgehead atoms. The molecule has 0 aliphatic rings. The van der Waals surface area contributed by atoms with Gasteiger partial charge < -0.3 is 0 Å². The van der Waals surface area contributed by atoms with Gasteiger partial charge in [-0.2, -0.15) is 13.2 Å². The molecule has 5 nitrogen and oxygen atoms in total. The van der Waals surface area contributed by atoms with E-state index in [1.165, 1.54) is 28.8 Å². The summed E-state index contributed by atoms with van der Waals surface area (Å²) < 4.78 is 63.3. The Morgan fingerprint density at radius 2 is 1.50 bits per heavy atom. The fourth-order valence-corrected chi connectivity index (χ4v) is 2.93. The molecule has 150 valence electrons. The van der Waals surface area contributed by atoms with Crippen molar-refractivity contribution in [3.63, 3.8) is 0 Å². The van der Waals surface area contributed by atoms with Crippen molar-refractivity contribution in [2.45, 2.75) is 31.8 Å². The number of aryl methyl sites for hydroxylation is 1. The van der Waals surface area contributed by atoms with Crippen LogP contribution in [0.1, 0.15) is 25.1 Å². The standard InChI is InChI=1S/C17H14F3N3O2S.C2H6/c1-11-2-4-12(5-3-11)16-22-15(17(18,19)20)10-23(16)13-6-8-14(9-7-13)26(21,24)25;1-2/h2-10H,1H3,(H2,21,24,25);1-2H3. The number of alkyl halides is 3. The zero-order chi connectivity index (χ0) is 21.1. The van der Waals surface area contributed by atoms with Gasteiger partial charge in [0.05, 0.1) is 4.90 Å². The predicted molar refractivity (Wildman–Crippen MR) is 101 cm³/mol. The second-order valence-electron chi connectivity index (χ2n) is 5.72. The van der Waals surface area contributed by atoms with Crippen molar-refractivity contribution < 1.29 is 21.6 Å². The van der Waals surface area contributed by atoms with Gasteiger partial charge >= 0.3 is 6.18 Å². The summed E-state index contributed by atoms with van der Waals surface area (Å²) in [5.41, 5.74) is 0.751. The fraction of sp³-hybridized carbons (Fsp3) is 0.211. The van der Waals surface area contributed by atoms with Gasteiger partial charge in [-0.25, -0.2) is 18.5 Å². The minimum absolute atomic E-state index is 0.0979. The van der Waals surface area contributed by atoms with Crippen LogP contribution in [0.2, 0.25) is 0 Å². The molecule has 28 heavy (non-hydrogen) atoms. The number of hydrogen-bond acceptors (Lipinski definition) is 3. The van der Waals surface area contributed by atoms with Crippen molar-refractivity contribution in [3.8, 4) is 17.1 Å². The van der Waals surface area contributed by atoms with Gasteiger partial charge in [0.2, 0.25) is 10.0 Å². The minimum Gasteiger partial charge on any atom is -0.299 e. The first kappa shape index (κ1) is 21.6. The largest absolute Gasteiger partial charge is 0.434 e. The van der Waals surface area contributed by atoms with Gasteiger partial charge in [-0.05, 0) is 31.2 Å². The number of imidazole rings is 1. The first-order valence-electron chi connectivity index (χ1n) is 8.42. The summed E-state index contributed by atoms with van der Waals surface area (Å²) in [5.74, 6) is 0.0979. The van der Waals surface area contributed by atoms with E-state index in [9.17, 15) is 21.6 Å². The zero-order valence-electron chi connectivity index (χ0n) is 15.5. The molecule has 0 fully saturated rings. The summed E-state index contributed by atoms with van der Waals surface area (Å²) in [4.78, 5) is 3.59. The number of sulfonamides is 1. The summed E-state index contributed by atoms with van der Waals surface area (Å²) in [5, 5.41) is 5.05. The second-order valence-corrected chi connectivity index (χ2v) is 7.28. The molecule has 0 saturated carbocycles. The molecule has 0 amide bonds. The maximum absolute atomic E-state index is 13.1. The Morgan fingerprint density at radius 3 is 1.96 bits per heavy atom. The van der Waals surface area contributed by atoms with Gasteiger partial charge in [0.1, 0.15) is 5.82 Å². The van der Waals surface area contributed by atoms with Gasteiger partial charge in [0, 0.05) is 17.4 Å². The van der Waals surface area contributed by atoms with E-state index in [-0.39, 0.29) is 10.7 Å². The highest BCUT2D eigenvalue weighted by Crippen LogP contribution is 2.32. The molecule has 0 saturated heterocycles. The van der Waals surface area contributed by atoms with Crippen LogP contribution < -0.4 is 5.14 Å². The summed E-state index contributed by atoms with van der Waals surface area (Å²) in [6.07, 6.45) is -3.73. The lowest BCUT2D eigenvalue weighted by Gasteiger charge is -2.09. The SMILES string of the molecule is CC.Cc1ccc(-c2nc(C(F)(F)F)cn2-c2ccc(S(N)(=O)=O)cc2)cc1. The first-order chi connectivity index (χ1) is 13.1. The fourth-order valence-electron chi connectivity index (χ4n) is 2.42. The van der Waals surface area contributed by atoms with Crippen LogP contribution in [0.25, 0.3) is 17.1 Å². The molecule has 0 unspecified atom stereocenters. The summed E-state index contributed by atoms with van der Waals surface area (Å²) in [7, 11) is -3.89. The van der Waals surface area contributed by atoms with Crippen LogP contribution in [0.15, 0.2) is 59.6 Å². The number of aromatic nitrogens is 2. The van der Waals surface area contributed by atoms with Crippen LogP contribution in [0.3, 0.4) is 0 Å². The van der Waals surface area contributed by atoms with Crippen molar-refractivity contribution in [1.82, 2.24) is 9.55 Å². The molecule has 1 aromatic heterocycles. The number of rotatable bonds is 3. The Hall–Kier alpha value is -2.65. The van der Waals surface area contributed by atoms with E-state index in [1.54, 1.807) is 24.3 Å². The van der Waals surface area contributed by atoms with E-state index in [4.69, 9.17) is 5.14 Å². The summed E-state index contributed by atoms with van der Waals surface area (Å²) >= 11 is 0. The molecule has 3 aromatic rings. The third-order valence-corrected chi connectivity index (χ3v) is 4.68. The van der Waals surface area contributed by atoms with Crippen molar-refractivity contribution >= 4 is 10.0 Å². The molecule has 2 N–H and O–H groups in total. The Balaban J connectivity index is 0.00000136. The highest BCUT2D eigenvalue weighted by Gasteiger charge is 2.35. The van der Waals surface area contributed by atoms with Crippen LogP contribution in [0, 0.1) is 6.92 Å². The molecular formula is C19H20F3N3O2S. The van der Waals surface area contributed by atoms with Crippen LogP contribution in [0.5, 0.6) is 0 Å². The van der Waals surface area contributed by atoms with Gasteiger partial charge in [-0.1, -0.05) is 43.7 Å². The normalized spacial score (nSPS) is 11.7. The quantitative estimate of drug-likeness (QED) is 0.687. The molecule has 2 aromatic carbocycles. The molecule has 0 spiro atoms. The lowest BCUT2D eigenvalue weighted by atomic mass is 10.1. The monoisotopic (exact) mass is 411 g/mol. The summed E-state index contributed by atoms with van der Waals surface area (Å²) in [6, 6.07) is 12.1. The maximum Gasteiger partial charge on any atom is 0.434 e. The lowest BCUT2D eigenvalue weighted by molar-refractivity contribution is -0.140. The Kier molecular flexibility index (Phi) is 6.30. The third kappa shape index (κ3) is 4.79. The van der Waals surface area contributed by atoms with Crippen molar-refractivity contribution in [2.24, 2.45) is 5.14 Å². The molecular weight excluding hydrogens is 391 g/mol. The highest BCUT2D eigenvalue weighted by molar-refractivity contribution is 7.89. The number of nitrogens with two attached hydrogens (primary N) is 1. The Labute approximate surface area is 161 Å². The third-order valence-electron chi connectivity index (χ3n) is 3.75. The maximum atomic E-state index is 13.1. The molecule has 0 aliphatic carbocycles. The Bertz CT molecular complexity index is 1040. The minimum atomic E-state index is -4.61. The van der Waals surface area contributed by atoms with Gasteiger partial charge in [0.15, 0.2) is 5.69 Å². The topological polar surface area (TPSA) is 78.0 Å². The molecule has 0 aliphatic heterocycles. The van der Waals surface area contributed by atoms with Crippen molar-refractivity contribution in [3.05, 3.63) is 66.0 Å². The molecule has 0 atom stereocenters. The zero-order valence-corrected chi connectivity index (χ0v) is 16.3. The molecule has 1 heterocycles. The van der Waals surface area contributed by atoms with Gasteiger partial charge in [0.25, 0.3) is 0 Å². The lowest BCUT2D eigenvalue weighted by Crippen LogP contribution is -2.12. The summed E-state index contributed by atoms with van der Waals surface area (Å²) in [6.45, 7) is 5.86. The number of halogens is 3. The van der Waals surface area contributed by atoms with E-state index in [0.29, 0.717) is 11.3 Å². The highest BCUT2D eigenvalue weighted by atomic mass is 32.2. The number of primary sulfonamides is 1.